The number of hydrogen-bond donors (Lipinski definition) is 1. The van der Waals surface area contributed by atoms with Crippen LogP contribution >= 0.6 is 0 Å². The first-order valence-electron chi connectivity index (χ1n) is 7.33. The molecule has 0 aromatic heterocycles. The highest BCUT2D eigenvalue weighted by Gasteiger charge is 2.25. The predicted molar refractivity (Wildman–Crippen MR) is 79.0 cm³/mol. The molecule has 0 saturated carbocycles. The third kappa shape index (κ3) is 4.30. The minimum atomic E-state index is -0.324. The lowest BCUT2D eigenvalue weighted by atomic mass is 9.95. The fourth-order valence-electron chi connectivity index (χ4n) is 2.70. The second-order valence-electron chi connectivity index (χ2n) is 5.97. The monoisotopic (exact) mass is 278 g/mol. The number of halogens is 1. The summed E-state index contributed by atoms with van der Waals surface area (Å²) in [5.74, 6) is 0.392. The number of anilines is 1. The lowest BCUT2D eigenvalue weighted by molar-refractivity contribution is -0.121. The molecular formula is C16H23FN2O. The molecule has 1 aromatic rings. The molecule has 1 N–H and O–H groups in total. The molecule has 1 aromatic carbocycles. The highest BCUT2D eigenvalue weighted by atomic mass is 19.1. The molecule has 0 atom stereocenters. The van der Waals surface area contributed by atoms with Crippen molar-refractivity contribution >= 4 is 11.6 Å². The van der Waals surface area contributed by atoms with Gasteiger partial charge in [0.1, 0.15) is 5.82 Å². The van der Waals surface area contributed by atoms with E-state index < -0.39 is 0 Å². The minimum Gasteiger partial charge on any atom is -0.326 e. The van der Waals surface area contributed by atoms with Crippen molar-refractivity contribution in [3.8, 4) is 0 Å². The quantitative estimate of drug-likeness (QED) is 0.917. The van der Waals surface area contributed by atoms with Crippen molar-refractivity contribution in [3.63, 3.8) is 0 Å². The standard InChI is InChI=1S/C16H23FN2O/c1-12(2)11-19-8-6-13(7-9-19)16(20)18-15-5-3-4-14(17)10-15/h3-5,10,12-13H,6-9,11H2,1-2H3,(H,18,20). The Kier molecular flexibility index (Phi) is 5.12. The third-order valence-corrected chi connectivity index (χ3v) is 3.67. The van der Waals surface area contributed by atoms with Crippen molar-refractivity contribution < 1.29 is 9.18 Å². The molecule has 1 heterocycles. The molecule has 20 heavy (non-hydrogen) atoms. The van der Waals surface area contributed by atoms with E-state index >= 15 is 0 Å². The van der Waals surface area contributed by atoms with E-state index in [1.165, 1.54) is 12.1 Å². The van der Waals surface area contributed by atoms with Crippen LogP contribution in [0.25, 0.3) is 0 Å². The number of likely N-dealkylation sites (tertiary alicyclic amines) is 1. The van der Waals surface area contributed by atoms with Crippen molar-refractivity contribution in [2.75, 3.05) is 25.0 Å². The average Bonchev–Trinajstić information content (AvgIpc) is 2.38. The first-order valence-corrected chi connectivity index (χ1v) is 7.33. The molecule has 1 fully saturated rings. The van der Waals surface area contributed by atoms with Crippen LogP contribution in [0.2, 0.25) is 0 Å². The molecule has 1 aliphatic rings. The van der Waals surface area contributed by atoms with Crippen molar-refractivity contribution in [3.05, 3.63) is 30.1 Å². The first-order chi connectivity index (χ1) is 9.54. The average molecular weight is 278 g/mol. The van der Waals surface area contributed by atoms with E-state index in [1.807, 2.05) is 0 Å². The van der Waals surface area contributed by atoms with Crippen molar-refractivity contribution in [1.29, 1.82) is 0 Å². The maximum absolute atomic E-state index is 13.1. The highest BCUT2D eigenvalue weighted by Crippen LogP contribution is 2.20. The van der Waals surface area contributed by atoms with Gasteiger partial charge in [-0.2, -0.15) is 0 Å². The van der Waals surface area contributed by atoms with E-state index in [1.54, 1.807) is 12.1 Å². The molecule has 0 aliphatic carbocycles. The van der Waals surface area contributed by atoms with Gasteiger partial charge >= 0.3 is 0 Å². The second-order valence-corrected chi connectivity index (χ2v) is 5.97. The summed E-state index contributed by atoms with van der Waals surface area (Å²) in [6.45, 7) is 7.46. The number of hydrogen-bond acceptors (Lipinski definition) is 2. The molecular weight excluding hydrogens is 255 g/mol. The van der Waals surface area contributed by atoms with Crippen molar-refractivity contribution in [1.82, 2.24) is 4.90 Å². The van der Waals surface area contributed by atoms with Gasteiger partial charge in [0, 0.05) is 18.2 Å². The van der Waals surface area contributed by atoms with E-state index in [0.717, 1.165) is 32.5 Å². The maximum Gasteiger partial charge on any atom is 0.227 e. The van der Waals surface area contributed by atoms with Crippen LogP contribution in [0.5, 0.6) is 0 Å². The largest absolute Gasteiger partial charge is 0.326 e. The number of amides is 1. The second kappa shape index (κ2) is 6.84. The number of nitrogens with zero attached hydrogens (tertiary/aromatic N) is 1. The summed E-state index contributed by atoms with van der Waals surface area (Å²) in [7, 11) is 0. The molecule has 0 spiro atoms. The number of carbonyl (C=O) groups is 1. The van der Waals surface area contributed by atoms with Gasteiger partial charge in [0.05, 0.1) is 0 Å². The van der Waals surface area contributed by atoms with Gasteiger partial charge in [-0.25, -0.2) is 4.39 Å². The van der Waals surface area contributed by atoms with Gasteiger partial charge in [-0.05, 0) is 50.0 Å². The van der Waals surface area contributed by atoms with E-state index in [-0.39, 0.29) is 17.6 Å². The molecule has 0 bridgehead atoms. The smallest absolute Gasteiger partial charge is 0.227 e. The van der Waals surface area contributed by atoms with Crippen molar-refractivity contribution in [2.45, 2.75) is 26.7 Å². The molecule has 2 rings (SSSR count). The summed E-state index contributed by atoms with van der Waals surface area (Å²) in [6.07, 6.45) is 1.77. The zero-order valence-corrected chi connectivity index (χ0v) is 12.2. The Morgan fingerprint density at radius 3 is 2.70 bits per heavy atom. The van der Waals surface area contributed by atoms with Gasteiger partial charge in [0.15, 0.2) is 0 Å². The SMILES string of the molecule is CC(C)CN1CCC(C(=O)Nc2cccc(F)c2)CC1. The highest BCUT2D eigenvalue weighted by molar-refractivity contribution is 5.92. The fourth-order valence-corrected chi connectivity index (χ4v) is 2.70. The maximum atomic E-state index is 13.1. The molecule has 110 valence electrons. The zero-order valence-electron chi connectivity index (χ0n) is 12.2. The minimum absolute atomic E-state index is 0.0137. The third-order valence-electron chi connectivity index (χ3n) is 3.67. The van der Waals surface area contributed by atoms with Crippen LogP contribution in [0, 0.1) is 17.7 Å². The van der Waals surface area contributed by atoms with Crippen LogP contribution in [0.15, 0.2) is 24.3 Å². The van der Waals surface area contributed by atoms with Crippen LogP contribution in [-0.2, 0) is 4.79 Å². The number of nitrogens with one attached hydrogen (secondary N) is 1. The van der Waals surface area contributed by atoms with Crippen LogP contribution in [0.3, 0.4) is 0 Å². The normalized spacial score (nSPS) is 17.4. The van der Waals surface area contributed by atoms with Crippen LogP contribution < -0.4 is 5.32 Å². The fraction of sp³-hybridized carbons (Fsp3) is 0.562. The summed E-state index contributed by atoms with van der Waals surface area (Å²) >= 11 is 0. The number of benzene rings is 1. The number of carbonyl (C=O) groups excluding carboxylic acids is 1. The summed E-state index contributed by atoms with van der Waals surface area (Å²) < 4.78 is 13.1. The predicted octanol–water partition coefficient (Wildman–Crippen LogP) is 3.13. The Balaban J connectivity index is 1.83. The van der Waals surface area contributed by atoms with Gasteiger partial charge in [0.25, 0.3) is 0 Å². The topological polar surface area (TPSA) is 32.3 Å². The van der Waals surface area contributed by atoms with E-state index in [4.69, 9.17) is 0 Å². The lowest BCUT2D eigenvalue weighted by Gasteiger charge is -2.32. The van der Waals surface area contributed by atoms with Gasteiger partial charge in [0.2, 0.25) is 5.91 Å². The van der Waals surface area contributed by atoms with Gasteiger partial charge in [-0.15, -0.1) is 0 Å². The van der Waals surface area contributed by atoms with E-state index in [2.05, 4.69) is 24.1 Å². The zero-order chi connectivity index (χ0) is 14.5. The molecule has 1 amide bonds. The molecule has 4 heteroatoms. The Bertz CT molecular complexity index is 454. The van der Waals surface area contributed by atoms with Gasteiger partial charge < -0.3 is 10.2 Å². The molecule has 1 aliphatic heterocycles. The Labute approximate surface area is 120 Å². The Morgan fingerprint density at radius 1 is 1.40 bits per heavy atom. The van der Waals surface area contributed by atoms with Gasteiger partial charge in [-0.1, -0.05) is 19.9 Å². The number of piperidine rings is 1. The summed E-state index contributed by atoms with van der Waals surface area (Å²) in [4.78, 5) is 14.6. The molecule has 1 saturated heterocycles. The first kappa shape index (κ1) is 15.0. The number of rotatable bonds is 4. The van der Waals surface area contributed by atoms with E-state index in [0.29, 0.717) is 11.6 Å². The van der Waals surface area contributed by atoms with Crippen LogP contribution in [0.4, 0.5) is 10.1 Å². The molecule has 3 nitrogen and oxygen atoms in total. The van der Waals surface area contributed by atoms with Crippen molar-refractivity contribution in [2.24, 2.45) is 11.8 Å². The van der Waals surface area contributed by atoms with Crippen LogP contribution in [0.1, 0.15) is 26.7 Å². The molecule has 0 radical (unpaired) electrons. The van der Waals surface area contributed by atoms with Crippen LogP contribution in [-0.4, -0.2) is 30.4 Å². The van der Waals surface area contributed by atoms with Gasteiger partial charge in [-0.3, -0.25) is 4.79 Å². The van der Waals surface area contributed by atoms with E-state index in [9.17, 15) is 9.18 Å². The Hall–Kier alpha value is -1.42. The summed E-state index contributed by atoms with van der Waals surface area (Å²) in [5.41, 5.74) is 0.541. The summed E-state index contributed by atoms with van der Waals surface area (Å²) in [5, 5.41) is 2.81. The molecule has 0 unspecified atom stereocenters. The lowest BCUT2D eigenvalue weighted by Crippen LogP contribution is -2.39. The Morgan fingerprint density at radius 2 is 2.10 bits per heavy atom. The summed E-state index contributed by atoms with van der Waals surface area (Å²) in [6, 6.07) is 6.05.